The number of ether oxygens (including phenoxy) is 2. The lowest BCUT2D eigenvalue weighted by Gasteiger charge is -2.44. The molecule has 8 N–H and O–H groups in total. The van der Waals surface area contributed by atoms with Crippen LogP contribution in [0.1, 0.15) is 0 Å². The lowest BCUT2D eigenvalue weighted by molar-refractivity contribution is -0.236. The first-order valence-corrected chi connectivity index (χ1v) is 8.02. The number of rotatable bonds is 4. The summed E-state index contributed by atoms with van der Waals surface area (Å²) >= 11 is 0.686. The lowest BCUT2D eigenvalue weighted by Crippen LogP contribution is -2.61. The lowest BCUT2D eigenvalue weighted by atomic mass is 10.0. The Bertz CT molecular complexity index is 385. The number of hydrogen-bond donors (Lipinski definition) is 8. The fourth-order valence-corrected chi connectivity index (χ4v) is 3.91. The highest BCUT2D eigenvalue weighted by Gasteiger charge is 2.49. The molecule has 2 fully saturated rings. The summed E-state index contributed by atoms with van der Waals surface area (Å²) < 4.78 is 10.2. The molecule has 0 aromatic rings. The average Bonchev–Trinajstić information content (AvgIpc) is 2.54. The Morgan fingerprint density at radius 2 is 1.17 bits per heavy atom. The molecule has 0 saturated carbocycles. The standard InChI is InChI=1S/C12H22O10S/c13-1-3-6(16)8(18)10(11(20)21-3)23-12-9(19)7(17)5(15)4(2-14)22-12/h3-20H,1-2H2/t3-,4-,5-,6-,7+,8+,9-,10-,11+,12-/m1/s1. The van der Waals surface area contributed by atoms with Crippen LogP contribution in [-0.2, 0) is 9.47 Å². The van der Waals surface area contributed by atoms with Crippen molar-refractivity contribution in [3.05, 3.63) is 0 Å². The zero-order valence-corrected chi connectivity index (χ0v) is 12.8. The zero-order valence-electron chi connectivity index (χ0n) is 12.0. The number of aliphatic hydroxyl groups is 8. The van der Waals surface area contributed by atoms with Crippen molar-refractivity contribution in [3.63, 3.8) is 0 Å². The molecule has 2 rings (SSSR count). The van der Waals surface area contributed by atoms with E-state index in [1.54, 1.807) is 0 Å². The highest BCUT2D eigenvalue weighted by Crippen LogP contribution is 2.36. The topological polar surface area (TPSA) is 180 Å². The van der Waals surface area contributed by atoms with E-state index in [1.807, 2.05) is 0 Å². The maximum Gasteiger partial charge on any atom is 0.169 e. The number of thioether (sulfide) groups is 1. The molecule has 0 bridgehead atoms. The second-order valence-electron chi connectivity index (χ2n) is 5.53. The van der Waals surface area contributed by atoms with Crippen molar-refractivity contribution < 1.29 is 50.3 Å². The van der Waals surface area contributed by atoms with Crippen LogP contribution in [0, 0.1) is 0 Å². The molecule has 0 amide bonds. The normalized spacial score (nSPS) is 51.7. The molecule has 0 radical (unpaired) electrons. The molecular weight excluding hydrogens is 336 g/mol. The summed E-state index contributed by atoms with van der Waals surface area (Å²) in [6.45, 7) is -1.21. The smallest absolute Gasteiger partial charge is 0.169 e. The summed E-state index contributed by atoms with van der Waals surface area (Å²) in [5.41, 5.74) is -1.19. The molecule has 10 nitrogen and oxygen atoms in total. The van der Waals surface area contributed by atoms with E-state index >= 15 is 0 Å². The van der Waals surface area contributed by atoms with Crippen LogP contribution in [-0.4, -0.2) is 114 Å². The van der Waals surface area contributed by atoms with Gasteiger partial charge in [-0.25, -0.2) is 0 Å². The van der Waals surface area contributed by atoms with Gasteiger partial charge in [0.2, 0.25) is 0 Å². The van der Waals surface area contributed by atoms with Gasteiger partial charge in [0, 0.05) is 0 Å². The molecule has 23 heavy (non-hydrogen) atoms. The van der Waals surface area contributed by atoms with Crippen LogP contribution < -0.4 is 0 Å². The summed E-state index contributed by atoms with van der Waals surface area (Å²) in [6, 6.07) is 0. The summed E-state index contributed by atoms with van der Waals surface area (Å²) in [7, 11) is 0. The Labute approximate surface area is 135 Å². The quantitative estimate of drug-likeness (QED) is 0.242. The van der Waals surface area contributed by atoms with Crippen LogP contribution in [0.15, 0.2) is 0 Å². The predicted molar refractivity (Wildman–Crippen MR) is 75.1 cm³/mol. The van der Waals surface area contributed by atoms with Crippen molar-refractivity contribution in [3.8, 4) is 0 Å². The highest BCUT2D eigenvalue weighted by atomic mass is 32.2. The first-order valence-electron chi connectivity index (χ1n) is 7.08. The van der Waals surface area contributed by atoms with Gasteiger partial charge in [-0.1, -0.05) is 0 Å². The minimum absolute atomic E-state index is 0.604. The van der Waals surface area contributed by atoms with E-state index in [4.69, 9.17) is 19.7 Å². The molecule has 0 aliphatic carbocycles. The van der Waals surface area contributed by atoms with E-state index in [0.29, 0.717) is 11.8 Å². The first kappa shape index (κ1) is 19.3. The SMILES string of the molecule is OC[C@H]1O[C@H](S[C@@H]2[C@@H](O)[C@H](O)[C@@H](CO)O[C@@H]2O)[C@H](O)[C@@H](O)[C@@H]1O. The average molecular weight is 358 g/mol. The van der Waals surface area contributed by atoms with Gasteiger partial charge in [0.05, 0.1) is 24.6 Å². The van der Waals surface area contributed by atoms with E-state index in [0.717, 1.165) is 0 Å². The molecule has 11 heteroatoms. The van der Waals surface area contributed by atoms with Crippen LogP contribution in [0.25, 0.3) is 0 Å². The van der Waals surface area contributed by atoms with Crippen molar-refractivity contribution in [2.24, 2.45) is 0 Å². The Morgan fingerprint density at radius 1 is 0.652 bits per heavy atom. The monoisotopic (exact) mass is 358 g/mol. The Balaban J connectivity index is 2.08. The molecule has 0 aromatic heterocycles. The van der Waals surface area contributed by atoms with Gasteiger partial charge >= 0.3 is 0 Å². The van der Waals surface area contributed by atoms with E-state index in [2.05, 4.69) is 0 Å². The third-order valence-electron chi connectivity index (χ3n) is 3.98. The maximum atomic E-state index is 10.0. The van der Waals surface area contributed by atoms with Gasteiger partial charge in [-0.2, -0.15) is 0 Å². The Morgan fingerprint density at radius 3 is 1.74 bits per heavy atom. The van der Waals surface area contributed by atoms with E-state index < -0.39 is 72.9 Å². The number of aliphatic hydroxyl groups excluding tert-OH is 8. The summed E-state index contributed by atoms with van der Waals surface area (Å²) in [5.74, 6) is 0. The number of hydrogen-bond acceptors (Lipinski definition) is 11. The fourth-order valence-electron chi connectivity index (χ4n) is 2.55. The fraction of sp³-hybridized carbons (Fsp3) is 1.00. The van der Waals surface area contributed by atoms with Gasteiger partial charge in [0.15, 0.2) is 6.29 Å². The minimum atomic E-state index is -1.59. The molecule has 136 valence electrons. The molecule has 0 spiro atoms. The summed E-state index contributed by atoms with van der Waals surface area (Å²) in [5, 5.41) is 76.1. The van der Waals surface area contributed by atoms with Crippen molar-refractivity contribution >= 4 is 11.8 Å². The van der Waals surface area contributed by atoms with Gasteiger partial charge in [-0.3, -0.25) is 0 Å². The minimum Gasteiger partial charge on any atom is -0.394 e. The molecule has 10 atom stereocenters. The second-order valence-corrected chi connectivity index (χ2v) is 6.81. The molecule has 0 unspecified atom stereocenters. The predicted octanol–water partition coefficient (Wildman–Crippen LogP) is -4.68. The van der Waals surface area contributed by atoms with E-state index in [1.165, 1.54) is 0 Å². The molecule has 2 aliphatic rings. The van der Waals surface area contributed by atoms with E-state index in [9.17, 15) is 30.6 Å². The van der Waals surface area contributed by atoms with Crippen molar-refractivity contribution in [2.45, 2.75) is 59.7 Å². The molecule has 0 aromatic carbocycles. The Hall–Kier alpha value is -0.0500. The summed E-state index contributed by atoms with van der Waals surface area (Å²) in [4.78, 5) is 0. The van der Waals surface area contributed by atoms with Crippen molar-refractivity contribution in [2.75, 3.05) is 13.2 Å². The Kier molecular flexibility index (Phi) is 6.61. The van der Waals surface area contributed by atoms with E-state index in [-0.39, 0.29) is 0 Å². The van der Waals surface area contributed by atoms with Gasteiger partial charge < -0.3 is 50.3 Å². The first-order chi connectivity index (χ1) is 10.8. The van der Waals surface area contributed by atoms with Crippen LogP contribution >= 0.6 is 11.8 Å². The van der Waals surface area contributed by atoms with Gasteiger partial charge in [0.25, 0.3) is 0 Å². The summed E-state index contributed by atoms with van der Waals surface area (Å²) in [6.07, 6.45) is -11.5. The molecule has 2 heterocycles. The highest BCUT2D eigenvalue weighted by molar-refractivity contribution is 8.00. The van der Waals surface area contributed by atoms with Crippen LogP contribution in [0.5, 0.6) is 0 Å². The maximum absolute atomic E-state index is 10.0. The van der Waals surface area contributed by atoms with Crippen LogP contribution in [0.2, 0.25) is 0 Å². The van der Waals surface area contributed by atoms with Crippen molar-refractivity contribution in [1.82, 2.24) is 0 Å². The largest absolute Gasteiger partial charge is 0.394 e. The molecular formula is C12H22O10S. The van der Waals surface area contributed by atoms with Gasteiger partial charge in [-0.15, -0.1) is 11.8 Å². The van der Waals surface area contributed by atoms with Gasteiger partial charge in [-0.05, 0) is 0 Å². The second kappa shape index (κ2) is 7.89. The molecule has 2 aliphatic heterocycles. The van der Waals surface area contributed by atoms with Gasteiger partial charge in [0.1, 0.15) is 42.1 Å². The third-order valence-corrected chi connectivity index (χ3v) is 5.47. The van der Waals surface area contributed by atoms with Crippen molar-refractivity contribution in [1.29, 1.82) is 0 Å². The molecule has 2 saturated heterocycles. The van der Waals surface area contributed by atoms with Crippen LogP contribution in [0.3, 0.4) is 0 Å². The van der Waals surface area contributed by atoms with Crippen LogP contribution in [0.4, 0.5) is 0 Å². The zero-order chi connectivity index (χ0) is 17.3. The third kappa shape index (κ3) is 3.80.